The minimum atomic E-state index is 0.164. The predicted molar refractivity (Wildman–Crippen MR) is 72.2 cm³/mol. The number of hydrogen-bond donors (Lipinski definition) is 1. The third-order valence-electron chi connectivity index (χ3n) is 4.15. The second-order valence-corrected chi connectivity index (χ2v) is 5.33. The van der Waals surface area contributed by atoms with Gasteiger partial charge in [0.05, 0.1) is 11.6 Å². The molecular formula is C14H16N4O2. The molecule has 2 aromatic rings. The summed E-state index contributed by atoms with van der Waals surface area (Å²) in [6, 6.07) is 7.23. The van der Waals surface area contributed by atoms with E-state index in [4.69, 9.17) is 4.52 Å². The van der Waals surface area contributed by atoms with E-state index in [0.717, 1.165) is 32.7 Å². The van der Waals surface area contributed by atoms with Crippen molar-refractivity contribution in [3.8, 4) is 17.2 Å². The highest BCUT2D eigenvalue weighted by atomic mass is 16.5. The summed E-state index contributed by atoms with van der Waals surface area (Å²) >= 11 is 0. The van der Waals surface area contributed by atoms with Crippen molar-refractivity contribution < 1.29 is 9.63 Å². The van der Waals surface area contributed by atoms with E-state index in [1.165, 1.54) is 0 Å². The molecule has 1 aromatic heterocycles. The Kier molecular flexibility index (Phi) is 2.71. The van der Waals surface area contributed by atoms with Crippen molar-refractivity contribution in [2.75, 3.05) is 32.7 Å². The third kappa shape index (κ3) is 1.88. The summed E-state index contributed by atoms with van der Waals surface area (Å²) in [5.74, 6) is 1.26. The first-order chi connectivity index (χ1) is 9.81. The Morgan fingerprint density at radius 3 is 2.65 bits per heavy atom. The number of hydrogen-bond acceptors (Lipinski definition) is 6. The summed E-state index contributed by atoms with van der Waals surface area (Å²) in [6.45, 7) is 5.33. The van der Waals surface area contributed by atoms with E-state index in [-0.39, 0.29) is 11.8 Å². The molecule has 104 valence electrons. The van der Waals surface area contributed by atoms with Gasteiger partial charge in [0.15, 0.2) is 5.82 Å². The summed E-state index contributed by atoms with van der Waals surface area (Å²) in [7, 11) is 0. The molecule has 1 atom stereocenters. The van der Waals surface area contributed by atoms with Gasteiger partial charge >= 0.3 is 0 Å². The van der Waals surface area contributed by atoms with Crippen molar-refractivity contribution >= 4 is 0 Å². The highest BCUT2D eigenvalue weighted by molar-refractivity contribution is 5.61. The standard InChI is InChI=1S/C14H16N4O2/c19-12-4-2-1-3-10(12)14-15-13(16-20-14)11-9-17-5-7-18(11)8-6-17/h1-4,11,19H,5-9H2. The fourth-order valence-electron chi connectivity index (χ4n) is 3.00. The summed E-state index contributed by atoms with van der Waals surface area (Å²) < 4.78 is 5.33. The van der Waals surface area contributed by atoms with Crippen LogP contribution >= 0.6 is 0 Å². The van der Waals surface area contributed by atoms with Crippen LogP contribution in [0.4, 0.5) is 0 Å². The van der Waals surface area contributed by atoms with Crippen LogP contribution in [0.15, 0.2) is 28.8 Å². The molecule has 2 bridgehead atoms. The first-order valence-electron chi connectivity index (χ1n) is 6.89. The molecule has 6 nitrogen and oxygen atoms in total. The molecule has 4 heterocycles. The van der Waals surface area contributed by atoms with Crippen LogP contribution in [-0.4, -0.2) is 57.8 Å². The van der Waals surface area contributed by atoms with Gasteiger partial charge in [0.25, 0.3) is 5.89 Å². The molecule has 3 aliphatic heterocycles. The van der Waals surface area contributed by atoms with Crippen molar-refractivity contribution in [1.29, 1.82) is 0 Å². The number of phenolic OH excluding ortho intramolecular Hbond substituents is 1. The third-order valence-corrected chi connectivity index (χ3v) is 4.15. The van der Waals surface area contributed by atoms with Crippen LogP contribution in [0.2, 0.25) is 0 Å². The molecule has 0 spiro atoms. The van der Waals surface area contributed by atoms with Crippen molar-refractivity contribution in [2.45, 2.75) is 6.04 Å². The highest BCUT2D eigenvalue weighted by Gasteiger charge is 2.35. The monoisotopic (exact) mass is 272 g/mol. The summed E-state index contributed by atoms with van der Waals surface area (Å²) in [5, 5.41) is 14.0. The van der Waals surface area contributed by atoms with Gasteiger partial charge in [-0.3, -0.25) is 9.80 Å². The number of fused-ring (bicyclic) bond motifs is 3. The average Bonchev–Trinajstić information content (AvgIpc) is 2.98. The van der Waals surface area contributed by atoms with Crippen LogP contribution in [0.25, 0.3) is 11.5 Å². The molecule has 3 saturated heterocycles. The van der Waals surface area contributed by atoms with E-state index in [9.17, 15) is 5.11 Å². The maximum absolute atomic E-state index is 9.84. The summed E-state index contributed by atoms with van der Waals surface area (Å²) in [4.78, 5) is 9.31. The Hall–Kier alpha value is -1.92. The van der Waals surface area contributed by atoms with Crippen LogP contribution in [-0.2, 0) is 0 Å². The van der Waals surface area contributed by atoms with Gasteiger partial charge in [-0.1, -0.05) is 17.3 Å². The largest absolute Gasteiger partial charge is 0.507 e. The van der Waals surface area contributed by atoms with E-state index in [1.54, 1.807) is 18.2 Å². The zero-order valence-corrected chi connectivity index (χ0v) is 11.1. The lowest BCUT2D eigenvalue weighted by molar-refractivity contribution is 0.00781. The van der Waals surface area contributed by atoms with Crippen LogP contribution in [0.1, 0.15) is 11.9 Å². The Balaban J connectivity index is 1.64. The van der Waals surface area contributed by atoms with E-state index in [1.807, 2.05) is 6.07 Å². The molecular weight excluding hydrogens is 256 g/mol. The number of phenols is 1. The van der Waals surface area contributed by atoms with Gasteiger partial charge in [-0.25, -0.2) is 0 Å². The van der Waals surface area contributed by atoms with Gasteiger partial charge in [-0.05, 0) is 12.1 Å². The van der Waals surface area contributed by atoms with E-state index >= 15 is 0 Å². The molecule has 0 amide bonds. The molecule has 3 fully saturated rings. The minimum Gasteiger partial charge on any atom is -0.507 e. The predicted octanol–water partition coefficient (Wildman–Crippen LogP) is 1.11. The molecule has 0 radical (unpaired) electrons. The second kappa shape index (κ2) is 4.57. The number of aromatic hydroxyl groups is 1. The van der Waals surface area contributed by atoms with Crippen LogP contribution < -0.4 is 0 Å². The Morgan fingerprint density at radius 1 is 1.15 bits per heavy atom. The molecule has 1 unspecified atom stereocenters. The molecule has 20 heavy (non-hydrogen) atoms. The van der Waals surface area contributed by atoms with Crippen molar-refractivity contribution in [3.63, 3.8) is 0 Å². The number of nitrogens with zero attached hydrogens (tertiary/aromatic N) is 4. The van der Waals surface area contributed by atoms with Gasteiger partial charge in [0.2, 0.25) is 0 Å². The fraction of sp³-hybridized carbons (Fsp3) is 0.429. The normalized spacial score (nSPS) is 28.7. The molecule has 0 saturated carbocycles. The van der Waals surface area contributed by atoms with Gasteiger partial charge in [-0.15, -0.1) is 0 Å². The van der Waals surface area contributed by atoms with Crippen LogP contribution in [0.3, 0.4) is 0 Å². The van der Waals surface area contributed by atoms with E-state index in [0.29, 0.717) is 17.3 Å². The molecule has 1 aromatic carbocycles. The average molecular weight is 272 g/mol. The van der Waals surface area contributed by atoms with Gasteiger partial charge in [0.1, 0.15) is 5.75 Å². The number of aromatic nitrogens is 2. The summed E-state index contributed by atoms with van der Waals surface area (Å²) in [6.07, 6.45) is 0. The van der Waals surface area contributed by atoms with Crippen LogP contribution in [0, 0.1) is 0 Å². The second-order valence-electron chi connectivity index (χ2n) is 5.33. The zero-order valence-electron chi connectivity index (χ0n) is 11.1. The first kappa shape index (κ1) is 11.9. The fourth-order valence-corrected chi connectivity index (χ4v) is 3.00. The van der Waals surface area contributed by atoms with Gasteiger partial charge in [0, 0.05) is 32.7 Å². The van der Waals surface area contributed by atoms with Crippen LogP contribution in [0.5, 0.6) is 5.75 Å². The molecule has 6 heteroatoms. The van der Waals surface area contributed by atoms with Gasteiger partial charge in [-0.2, -0.15) is 4.98 Å². The number of para-hydroxylation sites is 1. The van der Waals surface area contributed by atoms with Crippen molar-refractivity contribution in [1.82, 2.24) is 19.9 Å². The van der Waals surface area contributed by atoms with Crippen molar-refractivity contribution in [3.05, 3.63) is 30.1 Å². The molecule has 0 aliphatic carbocycles. The Morgan fingerprint density at radius 2 is 1.95 bits per heavy atom. The maximum atomic E-state index is 9.84. The molecule has 5 rings (SSSR count). The lowest BCUT2D eigenvalue weighted by Gasteiger charge is -2.46. The highest BCUT2D eigenvalue weighted by Crippen LogP contribution is 2.31. The Labute approximate surface area is 116 Å². The number of rotatable bonds is 2. The SMILES string of the molecule is Oc1ccccc1-c1nc(C2CN3CCN2CC3)no1. The number of piperazine rings is 3. The lowest BCUT2D eigenvalue weighted by atomic mass is 10.1. The topological polar surface area (TPSA) is 65.6 Å². The minimum absolute atomic E-state index is 0.164. The van der Waals surface area contributed by atoms with Crippen molar-refractivity contribution in [2.24, 2.45) is 0 Å². The first-order valence-corrected chi connectivity index (χ1v) is 6.89. The van der Waals surface area contributed by atoms with Gasteiger partial charge < -0.3 is 9.63 Å². The molecule has 1 N–H and O–H groups in total. The summed E-state index contributed by atoms with van der Waals surface area (Å²) in [5.41, 5.74) is 0.586. The van der Waals surface area contributed by atoms with E-state index < -0.39 is 0 Å². The van der Waals surface area contributed by atoms with E-state index in [2.05, 4.69) is 19.9 Å². The lowest BCUT2D eigenvalue weighted by Crippen LogP contribution is -2.57. The number of benzene rings is 1. The molecule has 3 aliphatic rings. The smallest absolute Gasteiger partial charge is 0.261 e. The quantitative estimate of drug-likeness (QED) is 0.883. The maximum Gasteiger partial charge on any atom is 0.261 e. The Bertz CT molecular complexity index is 619. The zero-order chi connectivity index (χ0) is 13.5.